The normalized spacial score (nSPS) is 23.6. The maximum Gasteiger partial charge on any atom is 0.336 e. The van der Waals surface area contributed by atoms with Gasteiger partial charge in [0.05, 0.1) is 5.56 Å². The zero-order valence-corrected chi connectivity index (χ0v) is 12.3. The highest BCUT2D eigenvalue weighted by Crippen LogP contribution is 2.44. The highest BCUT2D eigenvalue weighted by molar-refractivity contribution is 5.83. The molecule has 0 bridgehead atoms. The van der Waals surface area contributed by atoms with Crippen LogP contribution in [0.15, 0.2) is 33.5 Å². The average Bonchev–Trinajstić information content (AvgIpc) is 2.43. The van der Waals surface area contributed by atoms with E-state index in [1.54, 1.807) is 19.9 Å². The highest BCUT2D eigenvalue weighted by atomic mass is 16.5. The molecule has 21 heavy (non-hydrogen) atoms. The molecule has 0 aliphatic carbocycles. The molecule has 2 heterocycles. The van der Waals surface area contributed by atoms with E-state index in [1.807, 2.05) is 19.1 Å². The van der Waals surface area contributed by atoms with Gasteiger partial charge in [0.25, 0.3) is 0 Å². The Morgan fingerprint density at radius 1 is 1.29 bits per heavy atom. The second-order valence-corrected chi connectivity index (χ2v) is 5.68. The van der Waals surface area contributed by atoms with E-state index in [-0.39, 0.29) is 0 Å². The van der Waals surface area contributed by atoms with Gasteiger partial charge in [-0.2, -0.15) is 0 Å². The fourth-order valence-electron chi connectivity index (χ4n) is 2.71. The molecule has 1 aliphatic rings. The summed E-state index contributed by atoms with van der Waals surface area (Å²) < 4.78 is 16.9. The first-order valence-electron chi connectivity index (χ1n) is 6.99. The molecule has 5 nitrogen and oxygen atoms in total. The third kappa shape index (κ3) is 2.22. The molecule has 2 atom stereocenters. The number of ether oxygens (including phenoxy) is 2. The summed E-state index contributed by atoms with van der Waals surface area (Å²) in [4.78, 5) is 11.5. The minimum atomic E-state index is -0.860. The lowest BCUT2D eigenvalue weighted by atomic mass is 9.87. The van der Waals surface area contributed by atoms with Crippen LogP contribution in [0.4, 0.5) is 0 Å². The molecule has 112 valence electrons. The van der Waals surface area contributed by atoms with Crippen LogP contribution in [0, 0.1) is 0 Å². The van der Waals surface area contributed by atoms with E-state index in [1.165, 1.54) is 6.07 Å². The smallest absolute Gasteiger partial charge is 0.336 e. The number of rotatable bonds is 2. The van der Waals surface area contributed by atoms with Gasteiger partial charge in [0.2, 0.25) is 0 Å². The van der Waals surface area contributed by atoms with E-state index in [4.69, 9.17) is 13.9 Å². The summed E-state index contributed by atoms with van der Waals surface area (Å²) in [5, 5.41) is 11.3. The maximum atomic E-state index is 11.5. The van der Waals surface area contributed by atoms with E-state index in [9.17, 15) is 9.90 Å². The van der Waals surface area contributed by atoms with Gasteiger partial charge in [-0.1, -0.05) is 0 Å². The zero-order chi connectivity index (χ0) is 15.2. The summed E-state index contributed by atoms with van der Waals surface area (Å²) in [5.74, 6) is 0.575. The number of hydrogen-bond acceptors (Lipinski definition) is 5. The lowest BCUT2D eigenvalue weighted by molar-refractivity contribution is -0.132. The summed E-state index contributed by atoms with van der Waals surface area (Å²) in [7, 11) is 0. The van der Waals surface area contributed by atoms with Gasteiger partial charge in [0, 0.05) is 18.1 Å². The van der Waals surface area contributed by atoms with Crippen molar-refractivity contribution in [3.8, 4) is 5.75 Å². The summed E-state index contributed by atoms with van der Waals surface area (Å²) >= 11 is 0. The second-order valence-electron chi connectivity index (χ2n) is 5.68. The first kappa shape index (κ1) is 14.1. The molecule has 0 unspecified atom stereocenters. The van der Waals surface area contributed by atoms with Crippen molar-refractivity contribution in [3.05, 3.63) is 40.2 Å². The summed E-state index contributed by atoms with van der Waals surface area (Å²) in [6.07, 6.45) is -1.45. The van der Waals surface area contributed by atoms with Crippen molar-refractivity contribution in [2.75, 3.05) is 6.61 Å². The predicted molar refractivity (Wildman–Crippen MR) is 77.6 cm³/mol. The Morgan fingerprint density at radius 2 is 2.00 bits per heavy atom. The van der Waals surface area contributed by atoms with Crippen LogP contribution >= 0.6 is 0 Å². The number of benzene rings is 1. The molecule has 0 fully saturated rings. The molecular weight excluding hydrogens is 272 g/mol. The van der Waals surface area contributed by atoms with Gasteiger partial charge in [-0.15, -0.1) is 0 Å². The average molecular weight is 290 g/mol. The molecule has 1 N–H and O–H groups in total. The Labute approximate surface area is 122 Å². The molecule has 0 amide bonds. The Morgan fingerprint density at radius 3 is 2.71 bits per heavy atom. The van der Waals surface area contributed by atoms with Crippen LogP contribution in [-0.4, -0.2) is 23.4 Å². The standard InChI is InChI=1S/C16H18O5/c1-4-19-14-12-10(21-16(2,3)15(14)18)7-5-9-6-8-11(17)20-13(9)12/h5-8,14-15,18H,4H2,1-3H3/t14-,15-/m0/s1. The molecule has 2 aromatic rings. The minimum Gasteiger partial charge on any atom is -0.485 e. The Hall–Kier alpha value is -1.85. The molecule has 0 saturated heterocycles. The Kier molecular flexibility index (Phi) is 3.26. The van der Waals surface area contributed by atoms with Gasteiger partial charge in [-0.25, -0.2) is 4.79 Å². The van der Waals surface area contributed by atoms with Crippen molar-refractivity contribution in [1.29, 1.82) is 0 Å². The third-order valence-electron chi connectivity index (χ3n) is 3.79. The second kappa shape index (κ2) is 4.86. The molecular formula is C16H18O5. The van der Waals surface area contributed by atoms with Gasteiger partial charge in [-0.05, 0) is 39.0 Å². The topological polar surface area (TPSA) is 68.9 Å². The van der Waals surface area contributed by atoms with Crippen LogP contribution in [0.3, 0.4) is 0 Å². The van der Waals surface area contributed by atoms with Crippen molar-refractivity contribution < 1.29 is 19.0 Å². The highest BCUT2D eigenvalue weighted by Gasteiger charge is 2.44. The van der Waals surface area contributed by atoms with Gasteiger partial charge >= 0.3 is 5.63 Å². The third-order valence-corrected chi connectivity index (χ3v) is 3.79. The van der Waals surface area contributed by atoms with Crippen molar-refractivity contribution >= 4 is 11.0 Å². The molecule has 1 aromatic heterocycles. The molecule has 3 rings (SSSR count). The molecule has 0 spiro atoms. The number of aliphatic hydroxyl groups is 1. The number of aliphatic hydroxyl groups excluding tert-OH is 1. The predicted octanol–water partition coefficient (Wildman–Crippen LogP) is 2.40. The molecule has 1 aromatic carbocycles. The van der Waals surface area contributed by atoms with Crippen molar-refractivity contribution in [1.82, 2.24) is 0 Å². The minimum absolute atomic E-state index is 0.410. The fraction of sp³-hybridized carbons (Fsp3) is 0.438. The quantitative estimate of drug-likeness (QED) is 0.860. The van der Waals surface area contributed by atoms with Gasteiger partial charge in [0.1, 0.15) is 29.1 Å². The lowest BCUT2D eigenvalue weighted by Gasteiger charge is -2.41. The Balaban J connectivity index is 2.30. The molecule has 0 saturated carbocycles. The molecule has 1 aliphatic heterocycles. The van der Waals surface area contributed by atoms with Gasteiger partial charge in [0.15, 0.2) is 0 Å². The first-order chi connectivity index (χ1) is 9.94. The monoisotopic (exact) mass is 290 g/mol. The zero-order valence-electron chi connectivity index (χ0n) is 12.3. The summed E-state index contributed by atoms with van der Waals surface area (Å²) in [6.45, 7) is 5.90. The largest absolute Gasteiger partial charge is 0.485 e. The van der Waals surface area contributed by atoms with Crippen molar-refractivity contribution in [2.45, 2.75) is 38.6 Å². The van der Waals surface area contributed by atoms with Gasteiger partial charge < -0.3 is 19.0 Å². The SMILES string of the molecule is CCO[C@H]1c2c(ccc3ccc(=O)oc23)OC(C)(C)[C@H]1O. The summed E-state index contributed by atoms with van der Waals surface area (Å²) in [5.41, 5.74) is -0.215. The van der Waals surface area contributed by atoms with E-state index >= 15 is 0 Å². The van der Waals surface area contributed by atoms with Crippen LogP contribution in [0.5, 0.6) is 5.75 Å². The molecule has 5 heteroatoms. The van der Waals surface area contributed by atoms with E-state index in [0.29, 0.717) is 23.5 Å². The van der Waals surface area contributed by atoms with Crippen molar-refractivity contribution in [3.63, 3.8) is 0 Å². The number of hydrogen-bond donors (Lipinski definition) is 1. The Bertz CT molecular complexity index is 731. The maximum absolute atomic E-state index is 11.5. The first-order valence-corrected chi connectivity index (χ1v) is 6.99. The summed E-state index contributed by atoms with van der Waals surface area (Å²) in [6, 6.07) is 6.70. The van der Waals surface area contributed by atoms with Gasteiger partial charge in [-0.3, -0.25) is 0 Å². The van der Waals surface area contributed by atoms with E-state index in [2.05, 4.69) is 0 Å². The van der Waals surface area contributed by atoms with Crippen LogP contribution in [0.1, 0.15) is 32.4 Å². The van der Waals surface area contributed by atoms with Crippen molar-refractivity contribution in [2.24, 2.45) is 0 Å². The van der Waals surface area contributed by atoms with E-state index < -0.39 is 23.4 Å². The van der Waals surface area contributed by atoms with Crippen LogP contribution < -0.4 is 10.4 Å². The fourth-order valence-corrected chi connectivity index (χ4v) is 2.71. The van der Waals surface area contributed by atoms with Crippen LogP contribution in [0.25, 0.3) is 11.0 Å². The van der Waals surface area contributed by atoms with Crippen LogP contribution in [0.2, 0.25) is 0 Å². The lowest BCUT2D eigenvalue weighted by Crippen LogP contribution is -2.49. The number of fused-ring (bicyclic) bond motifs is 3. The van der Waals surface area contributed by atoms with E-state index in [0.717, 1.165) is 5.39 Å². The molecule has 0 radical (unpaired) electrons. The van der Waals surface area contributed by atoms with Crippen LogP contribution in [-0.2, 0) is 4.74 Å².